The van der Waals surface area contributed by atoms with Crippen LogP contribution < -0.4 is 10.6 Å². The summed E-state index contributed by atoms with van der Waals surface area (Å²) < 4.78 is 5.38. The highest BCUT2D eigenvalue weighted by atomic mass is 16.5. The molecule has 1 unspecified atom stereocenters. The highest BCUT2D eigenvalue weighted by Crippen LogP contribution is 2.16. The van der Waals surface area contributed by atoms with E-state index in [1.165, 1.54) is 12.8 Å². The van der Waals surface area contributed by atoms with Gasteiger partial charge in [-0.2, -0.15) is 0 Å². The van der Waals surface area contributed by atoms with Crippen LogP contribution in [0.15, 0.2) is 6.20 Å². The van der Waals surface area contributed by atoms with Crippen molar-refractivity contribution in [2.24, 2.45) is 0 Å². The minimum Gasteiger partial charge on any atom is -0.376 e. The Hall–Kier alpha value is -1.20. The van der Waals surface area contributed by atoms with Gasteiger partial charge in [-0.1, -0.05) is 0 Å². The van der Waals surface area contributed by atoms with Crippen molar-refractivity contribution in [1.82, 2.24) is 15.3 Å². The summed E-state index contributed by atoms with van der Waals surface area (Å²) in [7, 11) is 0. The number of piperidine rings is 1. The Kier molecular flexibility index (Phi) is 3.20. The molecule has 0 aromatic carbocycles. The van der Waals surface area contributed by atoms with Gasteiger partial charge >= 0.3 is 0 Å². The van der Waals surface area contributed by atoms with Crippen molar-refractivity contribution in [3.63, 3.8) is 0 Å². The highest BCUT2D eigenvalue weighted by Gasteiger charge is 2.16. The van der Waals surface area contributed by atoms with Crippen LogP contribution in [0.3, 0.4) is 0 Å². The minimum atomic E-state index is 0.460. The zero-order chi connectivity index (χ0) is 11.5. The molecule has 5 heteroatoms. The number of rotatable bonds is 2. The molecule has 1 aromatic rings. The molecule has 2 aliphatic heterocycles. The Morgan fingerprint density at radius 1 is 1.47 bits per heavy atom. The maximum absolute atomic E-state index is 5.38. The third-order valence-corrected chi connectivity index (χ3v) is 3.33. The van der Waals surface area contributed by atoms with Gasteiger partial charge in [-0.15, -0.1) is 0 Å². The molecule has 1 fully saturated rings. The number of aromatic nitrogens is 2. The average Bonchev–Trinajstić information content (AvgIpc) is 2.40. The van der Waals surface area contributed by atoms with Crippen LogP contribution >= 0.6 is 0 Å². The summed E-state index contributed by atoms with van der Waals surface area (Å²) in [6.45, 7) is 3.55. The average molecular weight is 234 g/mol. The van der Waals surface area contributed by atoms with Gasteiger partial charge < -0.3 is 15.4 Å². The van der Waals surface area contributed by atoms with Gasteiger partial charge in [-0.05, 0) is 19.4 Å². The van der Waals surface area contributed by atoms with Crippen LogP contribution in [-0.2, 0) is 17.8 Å². The maximum Gasteiger partial charge on any atom is 0.223 e. The van der Waals surface area contributed by atoms with E-state index in [0.29, 0.717) is 12.6 Å². The molecule has 0 saturated carbocycles. The van der Waals surface area contributed by atoms with Crippen molar-refractivity contribution < 1.29 is 4.74 Å². The lowest BCUT2D eigenvalue weighted by molar-refractivity contribution is 0.109. The fourth-order valence-corrected chi connectivity index (χ4v) is 2.36. The molecular weight excluding hydrogens is 216 g/mol. The second-order valence-electron chi connectivity index (χ2n) is 4.66. The molecule has 0 bridgehead atoms. The second kappa shape index (κ2) is 4.98. The van der Waals surface area contributed by atoms with Crippen LogP contribution in [0.1, 0.15) is 24.1 Å². The van der Waals surface area contributed by atoms with Gasteiger partial charge in [0, 0.05) is 30.8 Å². The van der Waals surface area contributed by atoms with Gasteiger partial charge in [-0.3, -0.25) is 0 Å². The van der Waals surface area contributed by atoms with E-state index in [0.717, 1.165) is 43.3 Å². The normalized spacial score (nSPS) is 24.1. The molecule has 0 amide bonds. The van der Waals surface area contributed by atoms with E-state index in [9.17, 15) is 0 Å². The van der Waals surface area contributed by atoms with Crippen molar-refractivity contribution >= 4 is 5.95 Å². The SMILES string of the molecule is c1nc(NC2CCCNC2)nc2c1COCC2. The molecule has 3 rings (SSSR count). The monoisotopic (exact) mass is 234 g/mol. The summed E-state index contributed by atoms with van der Waals surface area (Å²) in [5, 5.41) is 6.78. The predicted octanol–water partition coefficient (Wildman–Crippen LogP) is 0.713. The number of hydrogen-bond donors (Lipinski definition) is 2. The summed E-state index contributed by atoms with van der Waals surface area (Å²) in [6, 6.07) is 0.460. The Labute approximate surface area is 101 Å². The molecule has 92 valence electrons. The Bertz CT molecular complexity index is 390. The molecule has 1 aromatic heterocycles. The van der Waals surface area contributed by atoms with Crippen LogP contribution in [0.25, 0.3) is 0 Å². The first-order valence-corrected chi connectivity index (χ1v) is 6.31. The van der Waals surface area contributed by atoms with E-state index < -0.39 is 0 Å². The summed E-state index contributed by atoms with van der Waals surface area (Å²) >= 11 is 0. The van der Waals surface area contributed by atoms with E-state index in [1.807, 2.05) is 6.20 Å². The van der Waals surface area contributed by atoms with Gasteiger partial charge in [0.25, 0.3) is 0 Å². The number of fused-ring (bicyclic) bond motifs is 1. The highest BCUT2D eigenvalue weighted by molar-refractivity contribution is 5.31. The van der Waals surface area contributed by atoms with Gasteiger partial charge in [0.2, 0.25) is 5.95 Å². The molecule has 2 aliphatic rings. The number of nitrogens with one attached hydrogen (secondary N) is 2. The zero-order valence-corrected chi connectivity index (χ0v) is 9.91. The Balaban J connectivity index is 1.70. The van der Waals surface area contributed by atoms with Crippen molar-refractivity contribution in [2.75, 3.05) is 25.0 Å². The second-order valence-corrected chi connectivity index (χ2v) is 4.66. The van der Waals surface area contributed by atoms with Crippen molar-refractivity contribution in [3.8, 4) is 0 Å². The summed E-state index contributed by atoms with van der Waals surface area (Å²) in [5.41, 5.74) is 2.26. The minimum absolute atomic E-state index is 0.460. The van der Waals surface area contributed by atoms with Crippen molar-refractivity contribution in [3.05, 3.63) is 17.5 Å². The quantitative estimate of drug-likeness (QED) is 0.789. The summed E-state index contributed by atoms with van der Waals surface area (Å²) in [6.07, 6.45) is 5.20. The summed E-state index contributed by atoms with van der Waals surface area (Å²) in [4.78, 5) is 8.93. The molecule has 3 heterocycles. The lowest BCUT2D eigenvalue weighted by Crippen LogP contribution is -2.38. The number of hydrogen-bond acceptors (Lipinski definition) is 5. The Morgan fingerprint density at radius 2 is 2.47 bits per heavy atom. The smallest absolute Gasteiger partial charge is 0.223 e. The number of ether oxygens (including phenoxy) is 1. The van der Waals surface area contributed by atoms with Crippen LogP contribution in [0.4, 0.5) is 5.95 Å². The first kappa shape index (κ1) is 10.9. The van der Waals surface area contributed by atoms with Gasteiger partial charge in [-0.25, -0.2) is 9.97 Å². The van der Waals surface area contributed by atoms with Gasteiger partial charge in [0.15, 0.2) is 0 Å². The predicted molar refractivity (Wildman–Crippen MR) is 64.9 cm³/mol. The fourth-order valence-electron chi connectivity index (χ4n) is 2.36. The number of anilines is 1. The molecule has 17 heavy (non-hydrogen) atoms. The van der Waals surface area contributed by atoms with Crippen molar-refractivity contribution in [2.45, 2.75) is 31.9 Å². The fraction of sp³-hybridized carbons (Fsp3) is 0.667. The van der Waals surface area contributed by atoms with E-state index in [4.69, 9.17) is 4.74 Å². The molecule has 0 aliphatic carbocycles. The topological polar surface area (TPSA) is 59.1 Å². The lowest BCUT2D eigenvalue weighted by atomic mass is 10.1. The van der Waals surface area contributed by atoms with Crippen molar-refractivity contribution in [1.29, 1.82) is 0 Å². The molecule has 2 N–H and O–H groups in total. The maximum atomic E-state index is 5.38. The molecule has 0 spiro atoms. The van der Waals surface area contributed by atoms with Crippen LogP contribution in [-0.4, -0.2) is 35.7 Å². The molecule has 5 nitrogen and oxygen atoms in total. The summed E-state index contributed by atoms with van der Waals surface area (Å²) in [5.74, 6) is 0.763. The zero-order valence-electron chi connectivity index (χ0n) is 9.91. The standard InChI is InChI=1S/C12H18N4O/c1-2-10(7-13-4-1)15-12-14-6-9-8-17-5-3-11(9)16-12/h6,10,13H,1-5,7-8H2,(H,14,15,16). The van der Waals surface area contributed by atoms with Gasteiger partial charge in [0.05, 0.1) is 18.9 Å². The third-order valence-electron chi connectivity index (χ3n) is 3.33. The molecule has 1 saturated heterocycles. The molecule has 1 atom stereocenters. The van der Waals surface area contributed by atoms with E-state index >= 15 is 0 Å². The first-order chi connectivity index (χ1) is 8.42. The van der Waals surface area contributed by atoms with E-state index in [2.05, 4.69) is 20.6 Å². The first-order valence-electron chi connectivity index (χ1n) is 6.31. The molecular formula is C12H18N4O. The van der Waals surface area contributed by atoms with Crippen LogP contribution in [0.2, 0.25) is 0 Å². The largest absolute Gasteiger partial charge is 0.376 e. The van der Waals surface area contributed by atoms with Gasteiger partial charge in [0.1, 0.15) is 0 Å². The Morgan fingerprint density at radius 3 is 3.35 bits per heavy atom. The van der Waals surface area contributed by atoms with E-state index in [1.54, 1.807) is 0 Å². The van der Waals surface area contributed by atoms with E-state index in [-0.39, 0.29) is 0 Å². The molecule has 0 radical (unpaired) electrons. The third kappa shape index (κ3) is 2.56. The lowest BCUT2D eigenvalue weighted by Gasteiger charge is -2.24. The number of nitrogens with zero attached hydrogens (tertiary/aromatic N) is 2. The van der Waals surface area contributed by atoms with Crippen LogP contribution in [0, 0.1) is 0 Å². The van der Waals surface area contributed by atoms with Crippen LogP contribution in [0.5, 0.6) is 0 Å².